The predicted octanol–water partition coefficient (Wildman–Crippen LogP) is 3.16. The molecule has 0 saturated heterocycles. The Morgan fingerprint density at radius 2 is 1.95 bits per heavy atom. The highest BCUT2D eigenvalue weighted by atomic mass is 19.4. The lowest BCUT2D eigenvalue weighted by molar-refractivity contribution is -0.147. The largest absolute Gasteiger partial charge is 0.478 e. The van der Waals surface area contributed by atoms with Gasteiger partial charge in [0.05, 0.1) is 12.1 Å². The molecule has 3 nitrogen and oxygen atoms in total. The minimum absolute atomic E-state index is 0.0180. The second kappa shape index (κ2) is 6.56. The fourth-order valence-corrected chi connectivity index (χ4v) is 1.89. The third-order valence-corrected chi connectivity index (χ3v) is 2.58. The first-order chi connectivity index (χ1) is 8.83. The van der Waals surface area contributed by atoms with Crippen LogP contribution in [0.4, 0.5) is 13.2 Å². The molecular weight excluding hydrogens is 259 g/mol. The van der Waals surface area contributed by atoms with Crippen LogP contribution in [-0.4, -0.2) is 35.2 Å². The van der Waals surface area contributed by atoms with E-state index in [1.165, 1.54) is 11.0 Å². The Kier molecular flexibility index (Phi) is 5.35. The number of hydrogen-bond donors (Lipinski definition) is 1. The van der Waals surface area contributed by atoms with Crippen LogP contribution in [0.3, 0.4) is 0 Å². The van der Waals surface area contributed by atoms with E-state index in [2.05, 4.69) is 0 Å². The van der Waals surface area contributed by atoms with Gasteiger partial charge in [-0.2, -0.15) is 13.2 Å². The van der Waals surface area contributed by atoms with Gasteiger partial charge in [-0.25, -0.2) is 4.79 Å². The molecular formula is C13H16F3NO2. The van der Waals surface area contributed by atoms with E-state index < -0.39 is 18.7 Å². The normalized spacial score (nSPS) is 11.8. The minimum Gasteiger partial charge on any atom is -0.478 e. The highest BCUT2D eigenvalue weighted by molar-refractivity contribution is 5.89. The molecule has 1 rings (SSSR count). The van der Waals surface area contributed by atoms with Crippen LogP contribution in [0.25, 0.3) is 0 Å². The monoisotopic (exact) mass is 275 g/mol. The molecule has 0 aliphatic heterocycles. The van der Waals surface area contributed by atoms with Crippen molar-refractivity contribution in [3.05, 3.63) is 35.4 Å². The molecule has 106 valence electrons. The predicted molar refractivity (Wildman–Crippen MR) is 65.0 cm³/mol. The van der Waals surface area contributed by atoms with Crippen LogP contribution >= 0.6 is 0 Å². The molecule has 1 aromatic carbocycles. The summed E-state index contributed by atoms with van der Waals surface area (Å²) >= 11 is 0. The Bertz CT molecular complexity index is 432. The first-order valence-electron chi connectivity index (χ1n) is 5.93. The summed E-state index contributed by atoms with van der Waals surface area (Å²) in [6.45, 7) is 1.00. The van der Waals surface area contributed by atoms with E-state index in [9.17, 15) is 18.0 Å². The fourth-order valence-electron chi connectivity index (χ4n) is 1.89. The summed E-state index contributed by atoms with van der Waals surface area (Å²) in [6.07, 6.45) is -3.71. The lowest BCUT2D eigenvalue weighted by Gasteiger charge is -2.23. The maximum atomic E-state index is 12.4. The second-order valence-electron chi connectivity index (χ2n) is 4.29. The Labute approximate surface area is 109 Å². The van der Waals surface area contributed by atoms with Gasteiger partial charge in [0.1, 0.15) is 0 Å². The van der Waals surface area contributed by atoms with Gasteiger partial charge in [-0.15, -0.1) is 0 Å². The number of carbonyl (C=O) groups is 1. The molecule has 0 heterocycles. The molecule has 0 spiro atoms. The molecule has 0 bridgehead atoms. The van der Waals surface area contributed by atoms with E-state index in [4.69, 9.17) is 5.11 Å². The molecule has 0 unspecified atom stereocenters. The number of aromatic carboxylic acids is 1. The van der Waals surface area contributed by atoms with Crippen LogP contribution in [0, 0.1) is 0 Å². The summed E-state index contributed by atoms with van der Waals surface area (Å²) in [5.74, 6) is -1.13. The lowest BCUT2D eigenvalue weighted by atomic mass is 10.1. The van der Waals surface area contributed by atoms with Crippen molar-refractivity contribution in [3.8, 4) is 0 Å². The van der Waals surface area contributed by atoms with Gasteiger partial charge in [-0.3, -0.25) is 4.90 Å². The third kappa shape index (κ3) is 5.30. The smallest absolute Gasteiger partial charge is 0.401 e. The van der Waals surface area contributed by atoms with Gasteiger partial charge < -0.3 is 5.11 Å². The Balaban J connectivity index is 2.87. The van der Waals surface area contributed by atoms with E-state index in [0.29, 0.717) is 12.0 Å². The van der Waals surface area contributed by atoms with Gasteiger partial charge in [0.2, 0.25) is 0 Å². The lowest BCUT2D eigenvalue weighted by Crippen LogP contribution is -2.34. The van der Waals surface area contributed by atoms with E-state index in [-0.39, 0.29) is 18.7 Å². The molecule has 19 heavy (non-hydrogen) atoms. The van der Waals surface area contributed by atoms with E-state index in [1.54, 1.807) is 25.1 Å². The van der Waals surface area contributed by atoms with Gasteiger partial charge in [0.25, 0.3) is 0 Å². The summed E-state index contributed by atoms with van der Waals surface area (Å²) in [5.41, 5.74) is 0.443. The van der Waals surface area contributed by atoms with Crippen LogP contribution in [0.5, 0.6) is 0 Å². The van der Waals surface area contributed by atoms with E-state index in [0.717, 1.165) is 0 Å². The molecule has 1 N–H and O–H groups in total. The SMILES string of the molecule is CCCN(Cc1ccccc1C(=O)O)CC(F)(F)F. The number of halogens is 3. The van der Waals surface area contributed by atoms with Crippen LogP contribution in [0.15, 0.2) is 24.3 Å². The van der Waals surface area contributed by atoms with Crippen molar-refractivity contribution in [1.29, 1.82) is 0 Å². The highest BCUT2D eigenvalue weighted by Crippen LogP contribution is 2.19. The van der Waals surface area contributed by atoms with Crippen molar-refractivity contribution in [1.82, 2.24) is 4.90 Å². The first kappa shape index (κ1) is 15.5. The van der Waals surface area contributed by atoms with Crippen molar-refractivity contribution >= 4 is 5.97 Å². The van der Waals surface area contributed by atoms with Crippen LogP contribution < -0.4 is 0 Å². The Hall–Kier alpha value is -1.56. The summed E-state index contributed by atoms with van der Waals surface area (Å²) in [5, 5.41) is 9.00. The van der Waals surface area contributed by atoms with E-state index >= 15 is 0 Å². The molecule has 0 radical (unpaired) electrons. The molecule has 0 aliphatic carbocycles. The number of carboxylic acids is 1. The fraction of sp³-hybridized carbons (Fsp3) is 0.462. The zero-order chi connectivity index (χ0) is 14.5. The third-order valence-electron chi connectivity index (χ3n) is 2.58. The van der Waals surface area contributed by atoms with Gasteiger partial charge in [-0.1, -0.05) is 25.1 Å². The molecule has 0 amide bonds. The quantitative estimate of drug-likeness (QED) is 0.867. The zero-order valence-corrected chi connectivity index (χ0v) is 10.6. The van der Waals surface area contributed by atoms with Crippen molar-refractivity contribution in [2.24, 2.45) is 0 Å². The van der Waals surface area contributed by atoms with Crippen LogP contribution in [0.1, 0.15) is 29.3 Å². The van der Waals surface area contributed by atoms with Crippen LogP contribution in [0.2, 0.25) is 0 Å². The number of nitrogens with zero attached hydrogens (tertiary/aromatic N) is 1. The zero-order valence-electron chi connectivity index (χ0n) is 10.6. The first-order valence-corrected chi connectivity index (χ1v) is 5.93. The van der Waals surface area contributed by atoms with Crippen molar-refractivity contribution in [2.75, 3.05) is 13.1 Å². The average Bonchev–Trinajstić information content (AvgIpc) is 2.27. The average molecular weight is 275 g/mol. The molecule has 0 atom stereocenters. The van der Waals surface area contributed by atoms with Crippen molar-refractivity contribution < 1.29 is 23.1 Å². The summed E-state index contributed by atoms with van der Waals surface area (Å²) in [4.78, 5) is 12.2. The minimum atomic E-state index is -4.28. The number of carboxylic acid groups (broad SMARTS) is 1. The number of alkyl halides is 3. The van der Waals surface area contributed by atoms with Gasteiger partial charge in [-0.05, 0) is 24.6 Å². The van der Waals surface area contributed by atoms with Crippen molar-refractivity contribution in [3.63, 3.8) is 0 Å². The molecule has 0 saturated carbocycles. The molecule has 6 heteroatoms. The summed E-state index contributed by atoms with van der Waals surface area (Å²) < 4.78 is 37.3. The Morgan fingerprint density at radius 1 is 1.32 bits per heavy atom. The van der Waals surface area contributed by atoms with Gasteiger partial charge >= 0.3 is 12.1 Å². The molecule has 0 fully saturated rings. The van der Waals surface area contributed by atoms with Crippen LogP contribution in [-0.2, 0) is 6.54 Å². The molecule has 1 aromatic rings. The number of hydrogen-bond acceptors (Lipinski definition) is 2. The van der Waals surface area contributed by atoms with E-state index in [1.807, 2.05) is 0 Å². The van der Waals surface area contributed by atoms with Gasteiger partial charge in [0, 0.05) is 6.54 Å². The summed E-state index contributed by atoms with van der Waals surface area (Å²) in [7, 11) is 0. The maximum Gasteiger partial charge on any atom is 0.401 e. The standard InChI is InChI=1S/C13H16F3NO2/c1-2-7-17(9-13(14,15)16)8-10-5-3-4-6-11(10)12(18)19/h3-6H,2,7-9H2,1H3,(H,18,19). The van der Waals surface area contributed by atoms with Crippen molar-refractivity contribution in [2.45, 2.75) is 26.1 Å². The number of benzene rings is 1. The maximum absolute atomic E-state index is 12.4. The second-order valence-corrected chi connectivity index (χ2v) is 4.29. The molecule has 0 aromatic heterocycles. The molecule has 0 aliphatic rings. The Morgan fingerprint density at radius 3 is 2.47 bits per heavy atom. The number of rotatable bonds is 6. The van der Waals surface area contributed by atoms with Gasteiger partial charge in [0.15, 0.2) is 0 Å². The summed E-state index contributed by atoms with van der Waals surface area (Å²) in [6, 6.07) is 6.12. The topological polar surface area (TPSA) is 40.5 Å². The highest BCUT2D eigenvalue weighted by Gasteiger charge is 2.30.